The van der Waals surface area contributed by atoms with Crippen LogP contribution in [0.5, 0.6) is 0 Å². The van der Waals surface area contributed by atoms with E-state index in [-0.39, 0.29) is 29.6 Å². The van der Waals surface area contributed by atoms with Crippen molar-refractivity contribution in [3.05, 3.63) is 66.0 Å². The van der Waals surface area contributed by atoms with Gasteiger partial charge in [0.15, 0.2) is 0 Å². The summed E-state index contributed by atoms with van der Waals surface area (Å²) in [6.45, 7) is 1.84. The molecule has 0 saturated carbocycles. The topological polar surface area (TPSA) is 71.5 Å². The van der Waals surface area contributed by atoms with E-state index >= 15 is 0 Å². The van der Waals surface area contributed by atoms with Gasteiger partial charge in [-0.2, -0.15) is 0 Å². The smallest absolute Gasteiger partial charge is 0.323 e. The highest BCUT2D eigenvalue weighted by Crippen LogP contribution is 2.62. The van der Waals surface area contributed by atoms with E-state index in [1.807, 2.05) is 30.3 Å². The van der Waals surface area contributed by atoms with Gasteiger partial charge in [-0.1, -0.05) is 36.4 Å². The number of nitrogens with one attached hydrogen (secondary N) is 1. The Balaban J connectivity index is 0.00000176. The molecule has 0 bridgehead atoms. The molecule has 1 aromatic heterocycles. The summed E-state index contributed by atoms with van der Waals surface area (Å²) in [7, 11) is -3.84. The van der Waals surface area contributed by atoms with Crippen molar-refractivity contribution in [3.8, 4) is 0 Å². The Morgan fingerprint density at radius 1 is 1.32 bits per heavy atom. The maximum absolute atomic E-state index is 12.5. The quantitative estimate of drug-likeness (QED) is 0.776. The molecule has 1 saturated heterocycles. The fraction of sp³-hybridized carbons (Fsp3) is 0.267. The summed E-state index contributed by atoms with van der Waals surface area (Å²) in [6, 6.07) is 13.1. The van der Waals surface area contributed by atoms with E-state index in [9.17, 15) is 9.46 Å². The van der Waals surface area contributed by atoms with Crippen molar-refractivity contribution in [3.63, 3.8) is 0 Å². The molecule has 1 aliphatic heterocycles. The van der Waals surface area contributed by atoms with Crippen LogP contribution in [0.4, 0.5) is 0 Å². The number of hydrogen-bond acceptors (Lipinski definition) is 4. The van der Waals surface area contributed by atoms with Crippen molar-refractivity contribution in [1.82, 2.24) is 10.3 Å². The zero-order valence-corrected chi connectivity index (χ0v) is 14.7. The average molecular weight is 385 g/mol. The third kappa shape index (κ3) is 3.03. The molecule has 0 amide bonds. The Hall–Kier alpha value is -1.04. The molecule has 0 aliphatic carbocycles. The first kappa shape index (κ1) is 17.3. The van der Waals surface area contributed by atoms with Crippen LogP contribution in [-0.2, 0) is 14.4 Å². The molecule has 1 unspecified atom stereocenters. The van der Waals surface area contributed by atoms with Crippen molar-refractivity contribution >= 4 is 24.6 Å². The van der Waals surface area contributed by atoms with Gasteiger partial charge in [0.1, 0.15) is 5.28 Å². The molecule has 5 nitrogen and oxygen atoms in total. The first-order valence-corrected chi connectivity index (χ1v) is 8.31. The van der Waals surface area contributed by atoms with E-state index in [4.69, 9.17) is 4.52 Å². The minimum absolute atomic E-state index is 0. The Kier molecular flexibility index (Phi) is 5.20. The van der Waals surface area contributed by atoms with E-state index in [1.165, 1.54) is 0 Å². The van der Waals surface area contributed by atoms with Crippen LogP contribution in [0.1, 0.15) is 24.1 Å². The minimum Gasteiger partial charge on any atom is -0.323 e. The predicted octanol–water partition coefficient (Wildman–Crippen LogP) is 3.38. The Morgan fingerprint density at radius 3 is 2.68 bits per heavy atom. The van der Waals surface area contributed by atoms with Gasteiger partial charge in [-0.15, -0.1) is 17.0 Å². The van der Waals surface area contributed by atoms with Crippen LogP contribution in [0.15, 0.2) is 54.9 Å². The van der Waals surface area contributed by atoms with Gasteiger partial charge in [0.2, 0.25) is 0 Å². The van der Waals surface area contributed by atoms with Crippen LogP contribution in [0.3, 0.4) is 0 Å². The summed E-state index contributed by atoms with van der Waals surface area (Å²) >= 11 is 0. The van der Waals surface area contributed by atoms with E-state index in [0.29, 0.717) is 5.56 Å². The summed E-state index contributed by atoms with van der Waals surface area (Å²) in [5, 5.41) is 2.09. The van der Waals surface area contributed by atoms with Gasteiger partial charge in [0.05, 0.1) is 12.6 Å². The number of nitrogens with zero attached hydrogens (tertiary/aromatic N) is 1. The summed E-state index contributed by atoms with van der Waals surface area (Å²) in [5.41, 5.74) is 1.66. The molecule has 118 valence electrons. The van der Waals surface area contributed by atoms with E-state index < -0.39 is 12.9 Å². The summed E-state index contributed by atoms with van der Waals surface area (Å²) in [5.74, 6) is 0. The van der Waals surface area contributed by atoms with Gasteiger partial charge in [0, 0.05) is 18.0 Å². The van der Waals surface area contributed by atoms with Gasteiger partial charge in [0.25, 0.3) is 0 Å². The molecule has 1 fully saturated rings. The number of rotatable bonds is 2. The monoisotopic (exact) mass is 384 g/mol. The second-order valence-electron chi connectivity index (χ2n) is 5.24. The maximum atomic E-state index is 12.5. The zero-order valence-electron chi connectivity index (χ0n) is 12.0. The van der Waals surface area contributed by atoms with Crippen LogP contribution in [0.25, 0.3) is 0 Å². The summed E-state index contributed by atoms with van der Waals surface area (Å²) in [4.78, 5) is 14.3. The Morgan fingerprint density at radius 2 is 2.05 bits per heavy atom. The highest BCUT2D eigenvalue weighted by atomic mass is 79.9. The molecular formula is C15H18BrN2O3P. The fourth-order valence-corrected chi connectivity index (χ4v) is 3.92. The van der Waals surface area contributed by atoms with Crippen molar-refractivity contribution in [2.45, 2.75) is 18.2 Å². The van der Waals surface area contributed by atoms with Gasteiger partial charge in [-0.25, -0.2) is 0 Å². The number of benzene rings is 1. The van der Waals surface area contributed by atoms with Crippen molar-refractivity contribution in [2.24, 2.45) is 0 Å². The zero-order chi connectivity index (χ0) is 14.9. The van der Waals surface area contributed by atoms with Crippen molar-refractivity contribution in [1.29, 1.82) is 0 Å². The summed E-state index contributed by atoms with van der Waals surface area (Å²) in [6.07, 6.45) is 3.22. The first-order chi connectivity index (χ1) is 10.0. The van der Waals surface area contributed by atoms with Crippen LogP contribution >= 0.6 is 24.6 Å². The lowest BCUT2D eigenvalue weighted by molar-refractivity contribution is 0.149. The minimum atomic E-state index is -3.84. The van der Waals surface area contributed by atoms with Crippen molar-refractivity contribution < 1.29 is 14.0 Å². The van der Waals surface area contributed by atoms with Gasteiger partial charge >= 0.3 is 7.60 Å². The molecule has 2 heterocycles. The fourth-order valence-electron chi connectivity index (χ4n) is 2.53. The largest absolute Gasteiger partial charge is 0.352 e. The number of halogens is 1. The lowest BCUT2D eigenvalue weighted by atomic mass is 10.0. The maximum Gasteiger partial charge on any atom is 0.352 e. The molecular weight excluding hydrogens is 367 g/mol. The number of pyridine rings is 1. The second-order valence-corrected chi connectivity index (χ2v) is 7.43. The molecule has 0 spiro atoms. The lowest BCUT2D eigenvalue weighted by Crippen LogP contribution is -2.47. The molecule has 0 radical (unpaired) electrons. The van der Waals surface area contributed by atoms with E-state index in [1.54, 1.807) is 31.5 Å². The lowest BCUT2D eigenvalue weighted by Gasteiger charge is -2.42. The molecule has 1 aliphatic rings. The molecule has 3 atom stereocenters. The molecule has 3 rings (SSSR count). The second kappa shape index (κ2) is 6.60. The average Bonchev–Trinajstić information content (AvgIpc) is 2.52. The number of aromatic nitrogens is 1. The van der Waals surface area contributed by atoms with Crippen LogP contribution in [0.2, 0.25) is 0 Å². The van der Waals surface area contributed by atoms with Crippen LogP contribution in [-0.4, -0.2) is 16.5 Å². The van der Waals surface area contributed by atoms with Gasteiger partial charge < -0.3 is 9.42 Å². The Bertz CT molecular complexity index is 671. The standard InChI is InChI=1S/C15H17N2O3P.BrH/c1-15(13-8-5-9-16-10-13)17-14(11-20-21(15,18)19)12-6-3-2-4-7-12;/h2-10,14,17H,11H2,1H3,(H,18,19);1H/t14-,15+;/m0./s1. The van der Waals surface area contributed by atoms with Gasteiger partial charge in [-0.3, -0.25) is 14.9 Å². The molecule has 1 aromatic carbocycles. The van der Waals surface area contributed by atoms with Crippen molar-refractivity contribution in [2.75, 3.05) is 6.61 Å². The SMILES string of the molecule is Br.C[C@@]1(c2cccnc2)N[C@H](c2ccccc2)COP1(=O)O. The third-order valence-corrected chi connectivity index (χ3v) is 5.88. The van der Waals surface area contributed by atoms with Gasteiger partial charge in [-0.05, 0) is 18.6 Å². The normalized spacial score (nSPS) is 31.3. The number of hydrogen-bond donors (Lipinski definition) is 2. The molecule has 2 N–H and O–H groups in total. The first-order valence-electron chi connectivity index (χ1n) is 6.73. The van der Waals surface area contributed by atoms with Crippen LogP contribution < -0.4 is 5.32 Å². The molecule has 7 heteroatoms. The Labute approximate surface area is 140 Å². The third-order valence-electron chi connectivity index (χ3n) is 3.86. The molecule has 2 aromatic rings. The highest BCUT2D eigenvalue weighted by Gasteiger charge is 2.51. The predicted molar refractivity (Wildman–Crippen MR) is 90.0 cm³/mol. The summed E-state index contributed by atoms with van der Waals surface area (Å²) < 4.78 is 17.8. The van der Waals surface area contributed by atoms with Crippen LogP contribution in [0, 0.1) is 0 Å². The van der Waals surface area contributed by atoms with E-state index in [2.05, 4.69) is 10.3 Å². The molecule has 22 heavy (non-hydrogen) atoms. The van der Waals surface area contributed by atoms with E-state index in [0.717, 1.165) is 5.56 Å². The highest BCUT2D eigenvalue weighted by molar-refractivity contribution is 8.93.